The zero-order valence-corrected chi connectivity index (χ0v) is 13.9. The summed E-state index contributed by atoms with van der Waals surface area (Å²) in [5.41, 5.74) is -0.523. The molecule has 2 N–H and O–H groups in total. The van der Waals surface area contributed by atoms with E-state index in [9.17, 15) is 9.90 Å². The van der Waals surface area contributed by atoms with E-state index in [1.54, 1.807) is 6.07 Å². The Morgan fingerprint density at radius 3 is 2.83 bits per heavy atom. The number of aromatic nitrogens is 1. The molecule has 3 rings (SSSR count). The van der Waals surface area contributed by atoms with Crippen LogP contribution in [0.25, 0.3) is 0 Å². The average molecular weight is 339 g/mol. The fourth-order valence-corrected chi connectivity index (χ4v) is 3.03. The van der Waals surface area contributed by atoms with Crippen LogP contribution < -0.4 is 10.1 Å². The summed E-state index contributed by atoms with van der Waals surface area (Å²) in [5, 5.41) is 13.6. The largest absolute Gasteiger partial charge is 0.492 e. The molecule has 1 aromatic rings. The zero-order chi connectivity index (χ0) is 16.3. The van der Waals surface area contributed by atoms with Crippen LogP contribution in [0.5, 0.6) is 5.75 Å². The normalized spacial score (nSPS) is 20.1. The third kappa shape index (κ3) is 4.58. The van der Waals surface area contributed by atoms with E-state index in [-0.39, 0.29) is 18.1 Å². The van der Waals surface area contributed by atoms with E-state index in [0.29, 0.717) is 23.3 Å². The van der Waals surface area contributed by atoms with Crippen molar-refractivity contribution >= 4 is 17.5 Å². The quantitative estimate of drug-likeness (QED) is 0.836. The Kier molecular flexibility index (Phi) is 5.07. The minimum Gasteiger partial charge on any atom is -0.492 e. The van der Waals surface area contributed by atoms with Crippen molar-refractivity contribution in [2.45, 2.75) is 50.5 Å². The number of aliphatic hydroxyl groups is 1. The number of hydrogen-bond acceptors (Lipinski definition) is 4. The number of nitrogens with zero attached hydrogens (tertiary/aromatic N) is 1. The number of hydrogen-bond donors (Lipinski definition) is 2. The summed E-state index contributed by atoms with van der Waals surface area (Å²) in [7, 11) is 0. The van der Waals surface area contributed by atoms with Gasteiger partial charge in [0.1, 0.15) is 16.5 Å². The van der Waals surface area contributed by atoms with Gasteiger partial charge >= 0.3 is 0 Å². The molecule has 2 fully saturated rings. The van der Waals surface area contributed by atoms with Gasteiger partial charge in [-0.25, -0.2) is 4.98 Å². The number of ether oxygens (including phenoxy) is 1. The molecule has 23 heavy (non-hydrogen) atoms. The maximum absolute atomic E-state index is 12.3. The van der Waals surface area contributed by atoms with Gasteiger partial charge in [-0.15, -0.1) is 0 Å². The maximum Gasteiger partial charge on any atom is 0.270 e. The molecule has 0 aliphatic heterocycles. The van der Waals surface area contributed by atoms with Crippen LogP contribution in [0.2, 0.25) is 5.02 Å². The predicted octanol–water partition coefficient (Wildman–Crippen LogP) is 2.95. The Hall–Kier alpha value is -1.33. The first kappa shape index (κ1) is 16.5. The molecule has 2 aliphatic rings. The minimum absolute atomic E-state index is 0.258. The average Bonchev–Trinajstić information content (AvgIpc) is 3.37. The van der Waals surface area contributed by atoms with E-state index in [1.807, 2.05) is 0 Å². The Labute approximate surface area is 141 Å². The Balaban J connectivity index is 1.58. The van der Waals surface area contributed by atoms with Crippen molar-refractivity contribution in [3.05, 3.63) is 23.0 Å². The molecule has 0 radical (unpaired) electrons. The molecule has 1 aromatic heterocycles. The Morgan fingerprint density at radius 1 is 1.39 bits per heavy atom. The van der Waals surface area contributed by atoms with Gasteiger partial charge in [0, 0.05) is 12.6 Å². The van der Waals surface area contributed by atoms with Crippen molar-refractivity contribution < 1.29 is 14.6 Å². The minimum atomic E-state index is -0.786. The highest BCUT2D eigenvalue weighted by Crippen LogP contribution is 2.32. The summed E-state index contributed by atoms with van der Waals surface area (Å²) in [6.45, 7) is 0.888. The molecular formula is C17H23ClN2O3. The number of nitrogens with one attached hydrogen (secondary N) is 1. The molecule has 0 atom stereocenters. The van der Waals surface area contributed by atoms with Crippen molar-refractivity contribution in [2.75, 3.05) is 13.2 Å². The van der Waals surface area contributed by atoms with Gasteiger partial charge in [0.05, 0.1) is 18.4 Å². The van der Waals surface area contributed by atoms with Gasteiger partial charge in [-0.05, 0) is 31.6 Å². The van der Waals surface area contributed by atoms with Crippen molar-refractivity contribution in [1.82, 2.24) is 10.3 Å². The number of carbonyl (C=O) groups excluding carboxylic acids is 1. The molecule has 1 amide bonds. The summed E-state index contributed by atoms with van der Waals surface area (Å²) in [5.74, 6) is 0.795. The number of pyridine rings is 1. The number of amides is 1. The van der Waals surface area contributed by atoms with Crippen molar-refractivity contribution in [1.29, 1.82) is 0 Å². The highest BCUT2D eigenvalue weighted by atomic mass is 35.5. The molecule has 5 nitrogen and oxygen atoms in total. The first-order valence-electron chi connectivity index (χ1n) is 8.35. The second-order valence-corrected chi connectivity index (χ2v) is 7.13. The van der Waals surface area contributed by atoms with Crippen molar-refractivity contribution in [3.8, 4) is 5.75 Å². The molecule has 0 unspecified atom stereocenters. The van der Waals surface area contributed by atoms with Gasteiger partial charge in [0.25, 0.3) is 5.91 Å². The van der Waals surface area contributed by atoms with Gasteiger partial charge in [0.15, 0.2) is 0 Å². The standard InChI is InChI=1S/C17H23ClN2O3/c18-13-9-19-14(8-15(13)23-10-12-4-5-12)16(21)20-11-17(22)6-2-1-3-7-17/h8-9,12,22H,1-7,10-11H2,(H,20,21). The fraction of sp³-hybridized carbons (Fsp3) is 0.647. The van der Waals surface area contributed by atoms with Gasteiger partial charge < -0.3 is 15.2 Å². The third-order valence-electron chi connectivity index (χ3n) is 4.59. The first-order valence-corrected chi connectivity index (χ1v) is 8.72. The molecule has 1 heterocycles. The Morgan fingerprint density at radius 2 is 2.13 bits per heavy atom. The molecule has 126 valence electrons. The van der Waals surface area contributed by atoms with E-state index < -0.39 is 5.60 Å². The van der Waals surface area contributed by atoms with Crippen LogP contribution in [0.4, 0.5) is 0 Å². The van der Waals surface area contributed by atoms with E-state index in [1.165, 1.54) is 19.0 Å². The molecule has 0 aromatic carbocycles. The highest BCUT2D eigenvalue weighted by Gasteiger charge is 2.30. The van der Waals surface area contributed by atoms with Crippen LogP contribution in [0.1, 0.15) is 55.4 Å². The Bertz CT molecular complexity index is 569. The zero-order valence-electron chi connectivity index (χ0n) is 13.2. The number of halogens is 1. The van der Waals surface area contributed by atoms with Gasteiger partial charge in [0.2, 0.25) is 0 Å². The third-order valence-corrected chi connectivity index (χ3v) is 4.87. The maximum atomic E-state index is 12.3. The van der Waals surface area contributed by atoms with Crippen LogP contribution in [0.15, 0.2) is 12.3 Å². The SMILES string of the molecule is O=C(NCC1(O)CCCCC1)c1cc(OCC2CC2)c(Cl)cn1. The lowest BCUT2D eigenvalue weighted by molar-refractivity contribution is 0.00521. The molecule has 0 bridgehead atoms. The highest BCUT2D eigenvalue weighted by molar-refractivity contribution is 6.32. The number of rotatable bonds is 6. The molecule has 0 spiro atoms. The lowest BCUT2D eigenvalue weighted by Gasteiger charge is -2.32. The molecular weight excluding hydrogens is 316 g/mol. The molecule has 6 heteroatoms. The summed E-state index contributed by atoms with van der Waals surface area (Å²) in [4.78, 5) is 16.3. The van der Waals surface area contributed by atoms with Crippen LogP contribution in [0, 0.1) is 5.92 Å². The van der Waals surface area contributed by atoms with E-state index in [2.05, 4.69) is 10.3 Å². The van der Waals surface area contributed by atoms with E-state index >= 15 is 0 Å². The van der Waals surface area contributed by atoms with Gasteiger partial charge in [-0.2, -0.15) is 0 Å². The monoisotopic (exact) mass is 338 g/mol. The topological polar surface area (TPSA) is 71.5 Å². The van der Waals surface area contributed by atoms with E-state index in [0.717, 1.165) is 32.1 Å². The van der Waals surface area contributed by atoms with Crippen LogP contribution in [0.3, 0.4) is 0 Å². The lowest BCUT2D eigenvalue weighted by atomic mass is 9.85. The number of carbonyl (C=O) groups is 1. The van der Waals surface area contributed by atoms with E-state index in [4.69, 9.17) is 16.3 Å². The second-order valence-electron chi connectivity index (χ2n) is 6.72. The summed E-state index contributed by atoms with van der Waals surface area (Å²) in [6, 6.07) is 1.57. The van der Waals surface area contributed by atoms with Gasteiger partial charge in [-0.3, -0.25) is 4.79 Å². The summed E-state index contributed by atoms with van der Waals surface area (Å²) in [6.07, 6.45) is 8.44. The fourth-order valence-electron chi connectivity index (χ4n) is 2.87. The molecule has 0 saturated heterocycles. The molecule has 2 saturated carbocycles. The van der Waals surface area contributed by atoms with Gasteiger partial charge in [-0.1, -0.05) is 30.9 Å². The van der Waals surface area contributed by atoms with Crippen molar-refractivity contribution in [3.63, 3.8) is 0 Å². The second kappa shape index (κ2) is 7.05. The van der Waals surface area contributed by atoms with Crippen LogP contribution in [-0.2, 0) is 0 Å². The summed E-state index contributed by atoms with van der Waals surface area (Å²) < 4.78 is 5.66. The molecule has 2 aliphatic carbocycles. The predicted molar refractivity (Wildman–Crippen MR) is 87.8 cm³/mol. The lowest BCUT2D eigenvalue weighted by Crippen LogP contribution is -2.44. The van der Waals surface area contributed by atoms with Crippen molar-refractivity contribution in [2.24, 2.45) is 5.92 Å². The van der Waals surface area contributed by atoms with Crippen LogP contribution >= 0.6 is 11.6 Å². The summed E-state index contributed by atoms with van der Waals surface area (Å²) >= 11 is 6.07. The first-order chi connectivity index (χ1) is 11.1. The smallest absolute Gasteiger partial charge is 0.270 e. The van der Waals surface area contributed by atoms with Crippen LogP contribution in [-0.4, -0.2) is 34.8 Å².